The second-order valence-electron chi connectivity index (χ2n) is 6.67. The lowest BCUT2D eigenvalue weighted by atomic mass is 10.2. The summed E-state index contributed by atoms with van der Waals surface area (Å²) in [5.74, 6) is -0.00160. The predicted octanol–water partition coefficient (Wildman–Crippen LogP) is 3.22. The molecular weight excluding hydrogens is 378 g/mol. The number of pyridine rings is 1. The van der Waals surface area contributed by atoms with Gasteiger partial charge >= 0.3 is 0 Å². The third kappa shape index (κ3) is 4.51. The van der Waals surface area contributed by atoms with Crippen LogP contribution in [0, 0.1) is 6.92 Å². The Morgan fingerprint density at radius 2 is 1.93 bits per heavy atom. The minimum absolute atomic E-state index is 0.144. The van der Waals surface area contributed by atoms with E-state index in [1.165, 1.54) is 16.4 Å². The molecule has 0 aliphatic carbocycles. The van der Waals surface area contributed by atoms with Gasteiger partial charge in [0.2, 0.25) is 10.0 Å². The Morgan fingerprint density at radius 1 is 1.18 bits per heavy atom. The molecule has 1 saturated heterocycles. The first-order valence-electron chi connectivity index (χ1n) is 9.44. The van der Waals surface area contributed by atoms with Crippen molar-refractivity contribution in [2.24, 2.45) is 0 Å². The maximum Gasteiger partial charge on any atom is 0.274 e. The molecule has 1 N–H and O–H groups in total. The predicted molar refractivity (Wildman–Crippen MR) is 107 cm³/mol. The lowest BCUT2D eigenvalue weighted by molar-refractivity contribution is 0.102. The van der Waals surface area contributed by atoms with E-state index in [-0.39, 0.29) is 10.6 Å². The highest BCUT2D eigenvalue weighted by atomic mass is 32.2. The Bertz CT molecular complexity index is 954. The minimum Gasteiger partial charge on any atom is -0.492 e. The van der Waals surface area contributed by atoms with Crippen LogP contribution in [-0.4, -0.2) is 43.3 Å². The van der Waals surface area contributed by atoms with Gasteiger partial charge in [0, 0.05) is 18.8 Å². The summed E-state index contributed by atoms with van der Waals surface area (Å²) < 4.78 is 33.0. The lowest BCUT2D eigenvalue weighted by Gasteiger charge is -2.26. The second-order valence-corrected chi connectivity index (χ2v) is 8.61. The number of anilines is 1. The normalized spacial score (nSPS) is 15.2. The highest BCUT2D eigenvalue weighted by molar-refractivity contribution is 7.89. The van der Waals surface area contributed by atoms with Crippen LogP contribution in [-0.2, 0) is 10.0 Å². The number of hydrogen-bond acceptors (Lipinski definition) is 5. The number of sulfonamides is 1. The first-order chi connectivity index (χ1) is 13.4. The van der Waals surface area contributed by atoms with E-state index in [1.54, 1.807) is 31.2 Å². The number of aryl methyl sites for hydroxylation is 1. The number of nitrogens with zero attached hydrogens (tertiary/aromatic N) is 2. The summed E-state index contributed by atoms with van der Waals surface area (Å²) in [7, 11) is -3.61. The standard InChI is InChI=1S/C20H25N3O4S/c1-3-27-19-11-10-16(28(25,26)23-12-5-4-6-13-23)14-18(19)22-20(24)17-9-7-8-15(2)21-17/h7-11,14H,3-6,12-13H2,1-2H3,(H,22,24). The Balaban J connectivity index is 1.92. The zero-order chi connectivity index (χ0) is 20.1. The Labute approximate surface area is 165 Å². The molecule has 1 aliphatic rings. The van der Waals surface area contributed by atoms with Crippen molar-refractivity contribution in [2.45, 2.75) is 38.0 Å². The molecule has 0 radical (unpaired) electrons. The molecule has 3 rings (SSSR count). The van der Waals surface area contributed by atoms with Crippen molar-refractivity contribution >= 4 is 21.6 Å². The van der Waals surface area contributed by atoms with Gasteiger partial charge in [-0.25, -0.2) is 13.4 Å². The Morgan fingerprint density at radius 3 is 2.61 bits per heavy atom. The summed E-state index contributed by atoms with van der Waals surface area (Å²) in [6.07, 6.45) is 2.76. The third-order valence-electron chi connectivity index (χ3n) is 4.57. The zero-order valence-electron chi connectivity index (χ0n) is 16.1. The summed E-state index contributed by atoms with van der Waals surface area (Å²) in [4.78, 5) is 17.0. The molecule has 0 atom stereocenters. The van der Waals surface area contributed by atoms with Crippen LogP contribution in [0.4, 0.5) is 5.69 Å². The van der Waals surface area contributed by atoms with Gasteiger partial charge in [-0.1, -0.05) is 12.5 Å². The van der Waals surface area contributed by atoms with Crippen LogP contribution < -0.4 is 10.1 Å². The lowest BCUT2D eigenvalue weighted by Crippen LogP contribution is -2.35. The average Bonchev–Trinajstić information content (AvgIpc) is 2.70. The summed E-state index contributed by atoms with van der Waals surface area (Å²) in [6.45, 7) is 5.05. The van der Waals surface area contributed by atoms with Crippen LogP contribution in [0.1, 0.15) is 42.4 Å². The molecule has 0 bridgehead atoms. The SMILES string of the molecule is CCOc1ccc(S(=O)(=O)N2CCCCC2)cc1NC(=O)c1cccc(C)n1. The van der Waals surface area contributed by atoms with Crippen molar-refractivity contribution in [3.05, 3.63) is 47.8 Å². The van der Waals surface area contributed by atoms with E-state index >= 15 is 0 Å². The minimum atomic E-state index is -3.61. The van der Waals surface area contributed by atoms with Crippen molar-refractivity contribution < 1.29 is 17.9 Å². The Hall–Kier alpha value is -2.45. The van der Waals surface area contributed by atoms with E-state index in [9.17, 15) is 13.2 Å². The van der Waals surface area contributed by atoms with E-state index in [2.05, 4.69) is 10.3 Å². The number of carbonyl (C=O) groups is 1. The highest BCUT2D eigenvalue weighted by Gasteiger charge is 2.27. The summed E-state index contributed by atoms with van der Waals surface area (Å²) in [6, 6.07) is 9.72. The smallest absolute Gasteiger partial charge is 0.274 e. The monoisotopic (exact) mass is 403 g/mol. The molecule has 2 aromatic rings. The molecule has 8 heteroatoms. The number of rotatable bonds is 6. The van der Waals surface area contributed by atoms with Crippen molar-refractivity contribution in [1.29, 1.82) is 0 Å². The van der Waals surface area contributed by atoms with Gasteiger partial charge in [0.15, 0.2) is 0 Å². The van der Waals surface area contributed by atoms with E-state index in [0.717, 1.165) is 25.0 Å². The number of carbonyl (C=O) groups excluding carboxylic acids is 1. The Kier molecular flexibility index (Phi) is 6.31. The summed E-state index contributed by atoms with van der Waals surface area (Å²) in [5, 5.41) is 2.74. The number of hydrogen-bond donors (Lipinski definition) is 1. The van der Waals surface area contributed by atoms with Crippen LogP contribution >= 0.6 is 0 Å². The van der Waals surface area contributed by atoms with Crippen LogP contribution in [0.25, 0.3) is 0 Å². The van der Waals surface area contributed by atoms with E-state index in [4.69, 9.17) is 4.74 Å². The molecule has 7 nitrogen and oxygen atoms in total. The third-order valence-corrected chi connectivity index (χ3v) is 6.47. The van der Waals surface area contributed by atoms with Crippen LogP contribution in [0.15, 0.2) is 41.3 Å². The van der Waals surface area contributed by atoms with Crippen molar-refractivity contribution in [1.82, 2.24) is 9.29 Å². The van der Waals surface area contributed by atoms with E-state index in [1.807, 2.05) is 6.92 Å². The van der Waals surface area contributed by atoms with Crippen molar-refractivity contribution in [3.8, 4) is 5.75 Å². The molecule has 2 heterocycles. The number of aromatic nitrogens is 1. The quantitative estimate of drug-likeness (QED) is 0.800. The molecule has 1 amide bonds. The molecule has 0 unspecified atom stereocenters. The molecular formula is C20H25N3O4S. The first kappa shape index (κ1) is 20.3. The van der Waals surface area contributed by atoms with Gasteiger partial charge in [-0.05, 0) is 57.0 Å². The fourth-order valence-corrected chi connectivity index (χ4v) is 4.70. The van der Waals surface area contributed by atoms with Crippen LogP contribution in [0.5, 0.6) is 5.75 Å². The molecule has 1 aromatic heterocycles. The summed E-state index contributed by atoms with van der Waals surface area (Å²) >= 11 is 0. The van der Waals surface area contributed by atoms with E-state index < -0.39 is 15.9 Å². The first-order valence-corrected chi connectivity index (χ1v) is 10.9. The van der Waals surface area contributed by atoms with Crippen molar-refractivity contribution in [3.63, 3.8) is 0 Å². The molecule has 1 aliphatic heterocycles. The fraction of sp³-hybridized carbons (Fsp3) is 0.400. The number of piperidine rings is 1. The van der Waals surface area contributed by atoms with Gasteiger partial charge < -0.3 is 10.1 Å². The molecule has 0 saturated carbocycles. The maximum absolute atomic E-state index is 13.0. The van der Waals surface area contributed by atoms with Gasteiger partial charge in [0.25, 0.3) is 5.91 Å². The second kappa shape index (κ2) is 8.70. The largest absolute Gasteiger partial charge is 0.492 e. The number of nitrogens with one attached hydrogen (secondary N) is 1. The average molecular weight is 404 g/mol. The van der Waals surface area contributed by atoms with Crippen LogP contribution in [0.2, 0.25) is 0 Å². The number of ether oxygens (including phenoxy) is 1. The molecule has 0 spiro atoms. The zero-order valence-corrected chi connectivity index (χ0v) is 17.0. The molecule has 1 aromatic carbocycles. The molecule has 150 valence electrons. The van der Waals surface area contributed by atoms with Gasteiger partial charge in [-0.15, -0.1) is 0 Å². The molecule has 28 heavy (non-hydrogen) atoms. The summed E-state index contributed by atoms with van der Waals surface area (Å²) in [5.41, 5.74) is 1.29. The van der Waals surface area contributed by atoms with Gasteiger partial charge in [0.05, 0.1) is 17.2 Å². The molecule has 1 fully saturated rings. The van der Waals surface area contributed by atoms with Gasteiger partial charge in [0.1, 0.15) is 11.4 Å². The van der Waals surface area contributed by atoms with Gasteiger partial charge in [-0.2, -0.15) is 4.31 Å². The number of benzene rings is 1. The highest BCUT2D eigenvalue weighted by Crippen LogP contribution is 2.30. The van der Waals surface area contributed by atoms with Crippen molar-refractivity contribution in [2.75, 3.05) is 25.0 Å². The van der Waals surface area contributed by atoms with E-state index in [0.29, 0.717) is 31.1 Å². The van der Waals surface area contributed by atoms with Gasteiger partial charge in [-0.3, -0.25) is 4.79 Å². The fourth-order valence-electron chi connectivity index (χ4n) is 3.16. The topological polar surface area (TPSA) is 88.6 Å². The van der Waals surface area contributed by atoms with Crippen LogP contribution in [0.3, 0.4) is 0 Å². The maximum atomic E-state index is 13.0. The number of amides is 1.